The molecule has 2 aromatic carbocycles. The van der Waals surface area contributed by atoms with Crippen LogP contribution in [0.5, 0.6) is 11.5 Å². The van der Waals surface area contributed by atoms with E-state index in [1.807, 2.05) is 5.43 Å². The van der Waals surface area contributed by atoms with E-state index in [0.29, 0.717) is 4.68 Å². The number of alkyl halides is 3. The molecule has 10 heteroatoms. The van der Waals surface area contributed by atoms with Crippen LogP contribution in [0.15, 0.2) is 59.8 Å². The molecule has 0 atom stereocenters. The fourth-order valence-electron chi connectivity index (χ4n) is 2.58. The Kier molecular flexibility index (Phi) is 5.53. The van der Waals surface area contributed by atoms with Crippen molar-refractivity contribution in [2.45, 2.75) is 6.18 Å². The van der Waals surface area contributed by atoms with Gasteiger partial charge in [-0.25, -0.2) is 10.1 Å². The Bertz CT molecular complexity index is 1050. The minimum atomic E-state index is -4.83. The van der Waals surface area contributed by atoms with Crippen molar-refractivity contribution in [1.82, 2.24) is 15.2 Å². The number of phenols is 1. The Labute approximate surface area is 163 Å². The number of hydrazone groups is 1. The van der Waals surface area contributed by atoms with Crippen molar-refractivity contribution < 1.29 is 27.8 Å². The lowest BCUT2D eigenvalue weighted by molar-refractivity contribution is -0.143. The number of hydrogen-bond donors (Lipinski definition) is 2. The molecule has 150 valence electrons. The molecule has 0 aliphatic carbocycles. The van der Waals surface area contributed by atoms with Gasteiger partial charge in [0.05, 0.1) is 30.8 Å². The number of aromatic hydroxyl groups is 1. The van der Waals surface area contributed by atoms with Crippen molar-refractivity contribution in [1.29, 1.82) is 0 Å². The van der Waals surface area contributed by atoms with Crippen LogP contribution in [0, 0.1) is 0 Å². The van der Waals surface area contributed by atoms with Gasteiger partial charge in [0.2, 0.25) is 0 Å². The molecular weight excluding hydrogens is 389 g/mol. The number of phenolic OH excluding ortho intramolecular Hbond substituents is 1. The van der Waals surface area contributed by atoms with Crippen molar-refractivity contribution in [2.24, 2.45) is 5.10 Å². The van der Waals surface area contributed by atoms with Crippen LogP contribution in [0.25, 0.3) is 5.69 Å². The summed E-state index contributed by atoms with van der Waals surface area (Å²) in [7, 11) is 1.36. The smallest absolute Gasteiger partial charge is 0.434 e. The second-order valence-corrected chi connectivity index (χ2v) is 5.75. The summed E-state index contributed by atoms with van der Waals surface area (Å²) in [6.45, 7) is 0. The highest BCUT2D eigenvalue weighted by atomic mass is 19.4. The van der Waals surface area contributed by atoms with E-state index in [4.69, 9.17) is 4.74 Å². The number of methoxy groups -OCH3 is 1. The number of nitrogens with one attached hydrogen (secondary N) is 1. The van der Waals surface area contributed by atoms with Crippen molar-refractivity contribution in [3.05, 3.63) is 71.5 Å². The Morgan fingerprint density at radius 3 is 2.59 bits per heavy atom. The van der Waals surface area contributed by atoms with E-state index in [-0.39, 0.29) is 22.7 Å². The highest BCUT2D eigenvalue weighted by molar-refractivity contribution is 5.96. The van der Waals surface area contributed by atoms with E-state index in [1.165, 1.54) is 31.4 Å². The van der Waals surface area contributed by atoms with Gasteiger partial charge in [-0.1, -0.05) is 24.3 Å². The van der Waals surface area contributed by atoms with Gasteiger partial charge in [0.25, 0.3) is 5.91 Å². The number of aromatic nitrogens is 2. The minimum absolute atomic E-state index is 0.156. The average molecular weight is 404 g/mol. The van der Waals surface area contributed by atoms with Crippen molar-refractivity contribution in [3.63, 3.8) is 0 Å². The normalized spacial score (nSPS) is 11.6. The molecule has 0 aliphatic heterocycles. The Hall–Kier alpha value is -3.82. The van der Waals surface area contributed by atoms with Crippen LogP contribution in [0.2, 0.25) is 0 Å². The van der Waals surface area contributed by atoms with Gasteiger partial charge in [0.15, 0.2) is 17.2 Å². The minimum Gasteiger partial charge on any atom is -0.504 e. The second-order valence-electron chi connectivity index (χ2n) is 5.75. The third kappa shape index (κ3) is 4.21. The summed E-state index contributed by atoms with van der Waals surface area (Å²) in [5, 5.41) is 17.3. The zero-order chi connectivity index (χ0) is 21.0. The fraction of sp³-hybridized carbons (Fsp3) is 0.105. The summed E-state index contributed by atoms with van der Waals surface area (Å²) < 4.78 is 46.3. The lowest BCUT2D eigenvalue weighted by atomic mass is 10.2. The van der Waals surface area contributed by atoms with Gasteiger partial charge in [-0.15, -0.1) is 0 Å². The first kappa shape index (κ1) is 19.9. The van der Waals surface area contributed by atoms with Crippen LogP contribution in [-0.2, 0) is 6.18 Å². The van der Waals surface area contributed by atoms with Crippen molar-refractivity contribution >= 4 is 12.1 Å². The van der Waals surface area contributed by atoms with Gasteiger partial charge in [0, 0.05) is 5.56 Å². The van der Waals surface area contributed by atoms with Gasteiger partial charge in [-0.3, -0.25) is 4.79 Å². The summed E-state index contributed by atoms with van der Waals surface area (Å²) >= 11 is 0. The molecule has 0 radical (unpaired) electrons. The molecule has 1 heterocycles. The largest absolute Gasteiger partial charge is 0.504 e. The number of benzene rings is 2. The first-order valence-electron chi connectivity index (χ1n) is 8.23. The van der Waals surface area contributed by atoms with Crippen molar-refractivity contribution in [2.75, 3.05) is 7.11 Å². The molecule has 0 bridgehead atoms. The third-order valence-electron chi connectivity index (χ3n) is 3.90. The Morgan fingerprint density at radius 2 is 1.93 bits per heavy atom. The molecule has 0 fully saturated rings. The number of carbonyl (C=O) groups is 1. The number of hydrogen-bond acceptors (Lipinski definition) is 5. The van der Waals surface area contributed by atoms with Gasteiger partial charge >= 0.3 is 6.18 Å². The van der Waals surface area contributed by atoms with Crippen molar-refractivity contribution in [3.8, 4) is 17.2 Å². The summed E-state index contributed by atoms with van der Waals surface area (Å²) in [5.41, 5.74) is 0.471. The van der Waals surface area contributed by atoms with E-state index in [0.717, 1.165) is 12.4 Å². The lowest BCUT2D eigenvalue weighted by Gasteiger charge is -2.12. The van der Waals surface area contributed by atoms with Gasteiger partial charge in [0.1, 0.15) is 0 Å². The molecule has 0 aliphatic rings. The highest BCUT2D eigenvalue weighted by Crippen LogP contribution is 2.33. The molecule has 29 heavy (non-hydrogen) atoms. The number of rotatable bonds is 5. The summed E-state index contributed by atoms with van der Waals surface area (Å²) in [4.78, 5) is 12.3. The second kappa shape index (κ2) is 8.05. The zero-order valence-electron chi connectivity index (χ0n) is 15.0. The summed E-state index contributed by atoms with van der Waals surface area (Å²) in [6, 6.07) is 12.2. The maximum atomic E-state index is 13.6. The topological polar surface area (TPSA) is 88.7 Å². The third-order valence-corrected chi connectivity index (χ3v) is 3.90. The fourth-order valence-corrected chi connectivity index (χ4v) is 2.58. The number of ether oxygens (including phenoxy) is 1. The quantitative estimate of drug-likeness (QED) is 0.504. The van der Waals surface area contributed by atoms with E-state index >= 15 is 0 Å². The maximum absolute atomic E-state index is 13.6. The molecular formula is C19H15F3N4O3. The Balaban J connectivity index is 1.88. The van der Waals surface area contributed by atoms with Gasteiger partial charge in [-0.05, 0) is 24.3 Å². The standard InChI is InChI=1S/C19H15F3N4O3/c1-29-15-9-5-6-12(16(15)27)10-23-25-18(28)14-11-24-26(17(14)19(20,21)22)13-7-3-2-4-8-13/h2-11,27H,1H3,(H,25,28). The van der Waals surface area contributed by atoms with Crippen LogP contribution in [-0.4, -0.2) is 34.1 Å². The summed E-state index contributed by atoms with van der Waals surface area (Å²) in [5.74, 6) is -1.14. The first-order valence-corrected chi connectivity index (χ1v) is 8.23. The van der Waals surface area contributed by atoms with Crippen LogP contribution in [0.3, 0.4) is 0 Å². The first-order chi connectivity index (χ1) is 13.8. The molecule has 7 nitrogen and oxygen atoms in total. The van der Waals surface area contributed by atoms with Crippen LogP contribution in [0.1, 0.15) is 21.6 Å². The molecule has 0 saturated carbocycles. The molecule has 2 N–H and O–H groups in total. The van der Waals surface area contributed by atoms with Crippen LogP contribution < -0.4 is 10.2 Å². The molecule has 1 aromatic heterocycles. The van der Waals surface area contributed by atoms with Crippen LogP contribution >= 0.6 is 0 Å². The maximum Gasteiger partial charge on any atom is 0.434 e. The number of carbonyl (C=O) groups excluding carboxylic acids is 1. The number of nitrogens with zero attached hydrogens (tertiary/aromatic N) is 3. The molecule has 0 saturated heterocycles. The predicted molar refractivity (Wildman–Crippen MR) is 98.3 cm³/mol. The SMILES string of the molecule is COc1cccc(C=NNC(=O)c2cnn(-c3ccccc3)c2C(F)(F)F)c1O. The van der Waals surface area contributed by atoms with E-state index in [9.17, 15) is 23.1 Å². The van der Waals surface area contributed by atoms with Gasteiger partial charge < -0.3 is 9.84 Å². The van der Waals surface area contributed by atoms with Gasteiger partial charge in [-0.2, -0.15) is 23.4 Å². The number of amides is 1. The monoisotopic (exact) mass is 404 g/mol. The number of para-hydroxylation sites is 2. The molecule has 0 spiro atoms. The molecule has 3 rings (SSSR count). The molecule has 1 amide bonds. The number of halogens is 3. The highest BCUT2D eigenvalue weighted by Gasteiger charge is 2.40. The Morgan fingerprint density at radius 1 is 1.21 bits per heavy atom. The van der Waals surface area contributed by atoms with E-state index < -0.39 is 23.3 Å². The van der Waals surface area contributed by atoms with Crippen LogP contribution in [0.4, 0.5) is 13.2 Å². The van der Waals surface area contributed by atoms with E-state index in [1.54, 1.807) is 24.3 Å². The predicted octanol–water partition coefficient (Wildman–Crippen LogP) is 3.37. The van der Waals surface area contributed by atoms with E-state index in [2.05, 4.69) is 10.2 Å². The molecule has 0 unspecified atom stereocenters. The summed E-state index contributed by atoms with van der Waals surface area (Å²) in [6.07, 6.45) is -2.91. The molecule has 3 aromatic rings. The zero-order valence-corrected chi connectivity index (χ0v) is 15.0. The average Bonchev–Trinajstić information content (AvgIpc) is 3.16. The lowest BCUT2D eigenvalue weighted by Crippen LogP contribution is -2.23.